The molecule has 10 heteroatoms. The number of anilines is 1. The Morgan fingerprint density at radius 3 is 2.21 bits per heavy atom. The first-order valence-electron chi connectivity index (χ1n) is 12.5. The second-order valence-corrected chi connectivity index (χ2v) is 12.1. The zero-order chi connectivity index (χ0) is 28.7. The quantitative estimate of drug-likeness (QED) is 0.343. The van der Waals surface area contributed by atoms with E-state index in [1.54, 1.807) is 37.3 Å². The summed E-state index contributed by atoms with van der Waals surface area (Å²) in [4.78, 5) is 28.1. The third kappa shape index (κ3) is 8.03. The molecule has 0 aliphatic carbocycles. The molecule has 7 nitrogen and oxygen atoms in total. The highest BCUT2D eigenvalue weighted by Crippen LogP contribution is 2.27. The minimum atomic E-state index is -4.19. The van der Waals surface area contributed by atoms with Gasteiger partial charge in [-0.3, -0.25) is 13.9 Å². The molecule has 1 N–H and O–H groups in total. The SMILES string of the molecule is Cc1ccc(S(=O)(=O)N(CC(=O)N(Cc2ccc(F)cc2)[C@@H](C)C(=O)NCC(C)C)c2cccc(Cl)c2)cc1. The molecule has 1 atom stereocenters. The van der Waals surface area contributed by atoms with E-state index in [2.05, 4.69) is 5.32 Å². The Morgan fingerprint density at radius 2 is 1.62 bits per heavy atom. The molecule has 0 aliphatic heterocycles. The maximum atomic E-state index is 13.8. The van der Waals surface area contributed by atoms with Gasteiger partial charge in [-0.1, -0.05) is 61.3 Å². The summed E-state index contributed by atoms with van der Waals surface area (Å²) in [5.41, 5.74) is 1.67. The van der Waals surface area contributed by atoms with Crippen molar-refractivity contribution in [3.8, 4) is 0 Å². The number of halogens is 2. The van der Waals surface area contributed by atoms with Crippen molar-refractivity contribution in [1.82, 2.24) is 10.2 Å². The molecule has 0 bridgehead atoms. The molecule has 0 unspecified atom stereocenters. The van der Waals surface area contributed by atoms with Crippen LogP contribution in [0.3, 0.4) is 0 Å². The predicted octanol–water partition coefficient (Wildman–Crippen LogP) is 5.17. The Labute approximate surface area is 234 Å². The lowest BCUT2D eigenvalue weighted by atomic mass is 10.1. The summed E-state index contributed by atoms with van der Waals surface area (Å²) in [7, 11) is -4.19. The zero-order valence-corrected chi connectivity index (χ0v) is 24.0. The van der Waals surface area contributed by atoms with Crippen molar-refractivity contribution in [2.45, 2.75) is 45.2 Å². The fourth-order valence-corrected chi connectivity index (χ4v) is 5.41. The summed E-state index contributed by atoms with van der Waals surface area (Å²) in [5, 5.41) is 3.12. The van der Waals surface area contributed by atoms with Crippen LogP contribution in [0.1, 0.15) is 31.9 Å². The van der Waals surface area contributed by atoms with Crippen molar-refractivity contribution in [3.05, 3.63) is 94.8 Å². The van der Waals surface area contributed by atoms with Crippen LogP contribution in [-0.2, 0) is 26.2 Å². The fraction of sp³-hybridized carbons (Fsp3) is 0.310. The Balaban J connectivity index is 2.01. The number of nitrogens with one attached hydrogen (secondary N) is 1. The number of hydrogen-bond donors (Lipinski definition) is 1. The minimum absolute atomic E-state index is 0.00804. The van der Waals surface area contributed by atoms with E-state index in [1.807, 2.05) is 20.8 Å². The largest absolute Gasteiger partial charge is 0.354 e. The van der Waals surface area contributed by atoms with E-state index in [4.69, 9.17) is 11.6 Å². The van der Waals surface area contributed by atoms with Crippen molar-refractivity contribution in [2.24, 2.45) is 5.92 Å². The Morgan fingerprint density at radius 1 is 0.974 bits per heavy atom. The molecule has 3 rings (SSSR count). The number of hydrogen-bond acceptors (Lipinski definition) is 4. The highest BCUT2D eigenvalue weighted by molar-refractivity contribution is 7.92. The van der Waals surface area contributed by atoms with E-state index in [0.29, 0.717) is 17.1 Å². The second kappa shape index (κ2) is 13.1. The highest BCUT2D eigenvalue weighted by atomic mass is 35.5. The number of carbonyl (C=O) groups is 2. The van der Waals surface area contributed by atoms with Crippen molar-refractivity contribution in [2.75, 3.05) is 17.4 Å². The van der Waals surface area contributed by atoms with E-state index in [1.165, 1.54) is 47.4 Å². The molecule has 0 saturated carbocycles. The first-order chi connectivity index (χ1) is 18.4. The fourth-order valence-electron chi connectivity index (χ4n) is 3.82. The van der Waals surface area contributed by atoms with Gasteiger partial charge in [-0.25, -0.2) is 12.8 Å². The summed E-state index contributed by atoms with van der Waals surface area (Å²) in [6.07, 6.45) is 0. The van der Waals surface area contributed by atoms with Gasteiger partial charge in [0.15, 0.2) is 0 Å². The van der Waals surface area contributed by atoms with Gasteiger partial charge in [0, 0.05) is 18.1 Å². The van der Waals surface area contributed by atoms with E-state index >= 15 is 0 Å². The van der Waals surface area contributed by atoms with Crippen LogP contribution >= 0.6 is 11.6 Å². The Kier molecular flexibility index (Phi) is 10.1. The molecule has 0 aromatic heterocycles. The van der Waals surface area contributed by atoms with Gasteiger partial charge in [-0.05, 0) is 67.8 Å². The van der Waals surface area contributed by atoms with Gasteiger partial charge in [0.2, 0.25) is 11.8 Å². The smallest absolute Gasteiger partial charge is 0.264 e. The number of nitrogens with zero attached hydrogens (tertiary/aromatic N) is 2. The van der Waals surface area contributed by atoms with Crippen LogP contribution in [-0.4, -0.2) is 44.3 Å². The topological polar surface area (TPSA) is 86.8 Å². The molecule has 0 spiro atoms. The van der Waals surface area contributed by atoms with Crippen LogP contribution in [0.5, 0.6) is 0 Å². The zero-order valence-electron chi connectivity index (χ0n) is 22.4. The normalized spacial score (nSPS) is 12.2. The average molecular weight is 574 g/mol. The second-order valence-electron chi connectivity index (χ2n) is 9.77. The van der Waals surface area contributed by atoms with Crippen LogP contribution in [0.25, 0.3) is 0 Å². The molecule has 0 aliphatic rings. The first kappa shape index (κ1) is 30.1. The molecule has 2 amide bonds. The van der Waals surface area contributed by atoms with E-state index in [0.717, 1.165) is 9.87 Å². The number of benzene rings is 3. The highest BCUT2D eigenvalue weighted by Gasteiger charge is 2.32. The predicted molar refractivity (Wildman–Crippen MR) is 151 cm³/mol. The number of carbonyl (C=O) groups excluding carboxylic acids is 2. The van der Waals surface area contributed by atoms with Crippen LogP contribution in [0.4, 0.5) is 10.1 Å². The molecule has 0 fully saturated rings. The van der Waals surface area contributed by atoms with Gasteiger partial charge in [-0.15, -0.1) is 0 Å². The third-order valence-corrected chi connectivity index (χ3v) is 8.13. The van der Waals surface area contributed by atoms with Gasteiger partial charge >= 0.3 is 0 Å². The lowest BCUT2D eigenvalue weighted by Gasteiger charge is -2.32. The van der Waals surface area contributed by atoms with Gasteiger partial charge in [0.1, 0.15) is 18.4 Å². The molecule has 208 valence electrons. The Bertz CT molecular complexity index is 1400. The van der Waals surface area contributed by atoms with Gasteiger partial charge in [-0.2, -0.15) is 0 Å². The molecular weight excluding hydrogens is 541 g/mol. The number of aryl methyl sites for hydroxylation is 1. The van der Waals surface area contributed by atoms with E-state index in [9.17, 15) is 22.4 Å². The number of sulfonamides is 1. The van der Waals surface area contributed by atoms with Gasteiger partial charge in [0.05, 0.1) is 10.6 Å². The summed E-state index contributed by atoms with van der Waals surface area (Å²) in [6.45, 7) is 7.13. The number of amides is 2. The molecule has 0 heterocycles. The van der Waals surface area contributed by atoms with E-state index < -0.39 is 34.3 Å². The standard InChI is InChI=1S/C29H33ClFN3O4S/c1-20(2)17-32-29(36)22(4)33(18-23-10-12-25(31)13-11-23)28(35)19-34(26-7-5-6-24(30)16-26)39(37,38)27-14-8-21(3)9-15-27/h5-16,20,22H,17-19H2,1-4H3,(H,32,36)/t22-/m0/s1. The van der Waals surface area contributed by atoms with Gasteiger partial charge in [0.25, 0.3) is 10.0 Å². The molecule has 3 aromatic rings. The molecule has 0 radical (unpaired) electrons. The summed E-state index contributed by atoms with van der Waals surface area (Å²) in [5.74, 6) is -1.23. The third-order valence-electron chi connectivity index (χ3n) is 6.10. The lowest BCUT2D eigenvalue weighted by Crippen LogP contribution is -2.51. The monoisotopic (exact) mass is 573 g/mol. The maximum Gasteiger partial charge on any atom is 0.264 e. The summed E-state index contributed by atoms with van der Waals surface area (Å²) in [6, 6.07) is 17.2. The van der Waals surface area contributed by atoms with Gasteiger partial charge < -0.3 is 10.2 Å². The van der Waals surface area contributed by atoms with Crippen molar-refractivity contribution < 1.29 is 22.4 Å². The van der Waals surface area contributed by atoms with Crippen molar-refractivity contribution in [1.29, 1.82) is 0 Å². The maximum absolute atomic E-state index is 13.8. The van der Waals surface area contributed by atoms with Crippen LogP contribution in [0, 0.1) is 18.7 Å². The number of rotatable bonds is 11. The van der Waals surface area contributed by atoms with E-state index in [-0.39, 0.29) is 29.0 Å². The molecular formula is C29H33ClFN3O4S. The average Bonchev–Trinajstić information content (AvgIpc) is 2.89. The first-order valence-corrected chi connectivity index (χ1v) is 14.4. The lowest BCUT2D eigenvalue weighted by molar-refractivity contribution is -0.139. The minimum Gasteiger partial charge on any atom is -0.354 e. The Hall–Kier alpha value is -3.43. The molecule has 0 saturated heterocycles. The molecule has 3 aromatic carbocycles. The van der Waals surface area contributed by atoms with Crippen molar-refractivity contribution in [3.63, 3.8) is 0 Å². The van der Waals surface area contributed by atoms with Crippen LogP contribution in [0.15, 0.2) is 77.7 Å². The summed E-state index contributed by atoms with van der Waals surface area (Å²) >= 11 is 6.18. The van der Waals surface area contributed by atoms with Crippen LogP contribution in [0.2, 0.25) is 5.02 Å². The summed E-state index contributed by atoms with van der Waals surface area (Å²) < 4.78 is 42.1. The van der Waals surface area contributed by atoms with Crippen LogP contribution < -0.4 is 9.62 Å². The van der Waals surface area contributed by atoms with Crippen molar-refractivity contribution >= 4 is 39.1 Å². The molecule has 39 heavy (non-hydrogen) atoms.